The van der Waals surface area contributed by atoms with Crippen molar-refractivity contribution in [2.75, 3.05) is 5.75 Å². The van der Waals surface area contributed by atoms with Gasteiger partial charge >= 0.3 is 5.97 Å². The van der Waals surface area contributed by atoms with Crippen LogP contribution in [0.4, 0.5) is 0 Å². The van der Waals surface area contributed by atoms with Crippen LogP contribution in [-0.4, -0.2) is 39.9 Å². The number of hydrogen-bond donors (Lipinski definition) is 1. The number of hydrogen-bond acceptors (Lipinski definition) is 6. The molecule has 2 atom stereocenters. The molecule has 0 radical (unpaired) electrons. The first-order valence-corrected chi connectivity index (χ1v) is 13.9. The van der Waals surface area contributed by atoms with E-state index in [0.29, 0.717) is 5.75 Å². The van der Waals surface area contributed by atoms with Crippen LogP contribution in [-0.2, 0) is 25.5 Å². The normalized spacial score (nSPS) is 19.1. The molecule has 1 aromatic heterocycles. The van der Waals surface area contributed by atoms with Crippen molar-refractivity contribution in [1.29, 1.82) is 0 Å². The standard InChI is InChI=1S/C29H26N2O4S2/c1-2-10-21-18-37-28-24(30-23(32)17-22-15-9-16-36-22)27(33)31(28)25(21)29(34)35-26(19-11-5-3-6-12-19)20-13-7-4-8-14-20/h2-16,24,26,28H,17-18H2,1H3,(H,30,32)/t24-,28-/m1/s1. The lowest BCUT2D eigenvalue weighted by Crippen LogP contribution is -2.70. The summed E-state index contributed by atoms with van der Waals surface area (Å²) in [4.78, 5) is 42.0. The molecule has 3 heterocycles. The van der Waals surface area contributed by atoms with Crippen molar-refractivity contribution in [3.05, 3.63) is 118 Å². The second-order valence-electron chi connectivity index (χ2n) is 8.69. The van der Waals surface area contributed by atoms with E-state index in [1.54, 1.807) is 0 Å². The van der Waals surface area contributed by atoms with Crippen molar-refractivity contribution in [2.45, 2.75) is 30.9 Å². The molecule has 0 aliphatic carbocycles. The molecule has 37 heavy (non-hydrogen) atoms. The molecule has 6 nitrogen and oxygen atoms in total. The first-order chi connectivity index (χ1) is 18.1. The molecular weight excluding hydrogens is 504 g/mol. The molecule has 5 rings (SSSR count). The minimum absolute atomic E-state index is 0.207. The van der Waals surface area contributed by atoms with Gasteiger partial charge in [-0.05, 0) is 35.1 Å². The lowest BCUT2D eigenvalue weighted by Gasteiger charge is -2.49. The van der Waals surface area contributed by atoms with Crippen molar-refractivity contribution in [3.63, 3.8) is 0 Å². The SMILES string of the molecule is CC=CC1=C(C(=O)OC(c2ccccc2)c2ccccc2)N2C(=O)[C@@H](NC(=O)Cc3cccs3)[C@H]2SC1. The molecule has 2 aliphatic rings. The van der Waals surface area contributed by atoms with Crippen molar-refractivity contribution < 1.29 is 19.1 Å². The largest absolute Gasteiger partial charge is 0.448 e. The number of rotatable bonds is 8. The number of β-lactam (4-membered cyclic amide) rings is 1. The maximum absolute atomic E-state index is 13.7. The average molecular weight is 531 g/mol. The summed E-state index contributed by atoms with van der Waals surface area (Å²) in [5.41, 5.74) is 2.65. The molecule has 1 N–H and O–H groups in total. The van der Waals surface area contributed by atoms with Crippen molar-refractivity contribution >= 4 is 40.9 Å². The molecule has 2 amide bonds. The number of benzene rings is 2. The van der Waals surface area contributed by atoms with Crippen molar-refractivity contribution in [1.82, 2.24) is 10.2 Å². The fraction of sp³-hybridized carbons (Fsp3) is 0.207. The summed E-state index contributed by atoms with van der Waals surface area (Å²) in [6.45, 7) is 1.87. The summed E-state index contributed by atoms with van der Waals surface area (Å²) < 4.78 is 6.11. The van der Waals surface area contributed by atoms with Gasteiger partial charge in [0.05, 0.1) is 6.42 Å². The van der Waals surface area contributed by atoms with Gasteiger partial charge in [0.25, 0.3) is 5.91 Å². The molecule has 0 saturated carbocycles. The number of carbonyl (C=O) groups is 3. The molecule has 3 aromatic rings. The van der Waals surface area contributed by atoms with Crippen LogP contribution in [0.1, 0.15) is 29.0 Å². The first kappa shape index (κ1) is 25.0. The Kier molecular flexibility index (Phi) is 7.58. The highest BCUT2D eigenvalue weighted by molar-refractivity contribution is 8.00. The molecular formula is C29H26N2O4S2. The number of amides is 2. The number of allylic oxidation sites excluding steroid dienone is 2. The van der Waals surface area contributed by atoms with Crippen LogP contribution in [0.25, 0.3) is 0 Å². The third-order valence-corrected chi connectivity index (χ3v) is 8.40. The Morgan fingerprint density at radius 2 is 1.73 bits per heavy atom. The maximum Gasteiger partial charge on any atom is 0.356 e. The maximum atomic E-state index is 13.7. The van der Waals surface area contributed by atoms with Crippen molar-refractivity contribution in [2.24, 2.45) is 0 Å². The smallest absolute Gasteiger partial charge is 0.356 e. The molecule has 8 heteroatoms. The van der Waals surface area contributed by atoms with Crippen LogP contribution >= 0.6 is 23.1 Å². The summed E-state index contributed by atoms with van der Waals surface area (Å²) in [7, 11) is 0. The van der Waals surface area contributed by atoms with E-state index >= 15 is 0 Å². The number of carbonyl (C=O) groups excluding carboxylic acids is 3. The van der Waals surface area contributed by atoms with Crippen LogP contribution in [0.2, 0.25) is 0 Å². The third-order valence-electron chi connectivity index (χ3n) is 6.22. The lowest BCUT2D eigenvalue weighted by molar-refractivity contribution is -0.154. The van der Waals surface area contributed by atoms with Gasteiger partial charge in [-0.2, -0.15) is 0 Å². The second kappa shape index (κ2) is 11.2. The summed E-state index contributed by atoms with van der Waals surface area (Å²) in [6, 6.07) is 22.2. The number of nitrogens with one attached hydrogen (secondary N) is 1. The van der Waals surface area contributed by atoms with Gasteiger partial charge in [0, 0.05) is 10.6 Å². The van der Waals surface area contributed by atoms with E-state index < -0.39 is 18.1 Å². The summed E-state index contributed by atoms with van der Waals surface area (Å²) in [5, 5.41) is 4.42. The molecule has 0 bridgehead atoms. The summed E-state index contributed by atoms with van der Waals surface area (Å²) >= 11 is 3.03. The molecule has 2 aromatic carbocycles. The minimum atomic E-state index is -0.675. The van der Waals surface area contributed by atoms with E-state index in [2.05, 4.69) is 5.32 Å². The van der Waals surface area contributed by atoms with Crippen LogP contribution in [0.5, 0.6) is 0 Å². The Balaban J connectivity index is 1.38. The summed E-state index contributed by atoms with van der Waals surface area (Å²) in [5.74, 6) is -0.543. The van der Waals surface area contributed by atoms with E-state index in [4.69, 9.17) is 4.74 Å². The Morgan fingerprint density at radius 3 is 2.32 bits per heavy atom. The van der Waals surface area contributed by atoms with Gasteiger partial charge in [0.2, 0.25) is 5.91 Å². The number of thioether (sulfide) groups is 1. The van der Waals surface area contributed by atoms with Gasteiger partial charge in [-0.25, -0.2) is 4.79 Å². The van der Waals surface area contributed by atoms with Crippen LogP contribution in [0.3, 0.4) is 0 Å². The summed E-state index contributed by atoms with van der Waals surface area (Å²) in [6.07, 6.45) is 3.29. The zero-order valence-corrected chi connectivity index (χ0v) is 21.8. The van der Waals surface area contributed by atoms with E-state index in [0.717, 1.165) is 21.6 Å². The van der Waals surface area contributed by atoms with Gasteiger partial charge in [-0.3, -0.25) is 14.5 Å². The van der Waals surface area contributed by atoms with Crippen molar-refractivity contribution in [3.8, 4) is 0 Å². The predicted octanol–water partition coefficient (Wildman–Crippen LogP) is 4.85. The zero-order chi connectivity index (χ0) is 25.8. The fourth-order valence-corrected chi connectivity index (χ4v) is 6.53. The highest BCUT2D eigenvalue weighted by Gasteiger charge is 2.54. The number of ether oxygens (including phenoxy) is 1. The molecule has 188 valence electrons. The van der Waals surface area contributed by atoms with Crippen LogP contribution in [0.15, 0.2) is 102 Å². The molecule has 0 unspecified atom stereocenters. The Hall–Kier alpha value is -3.62. The van der Waals surface area contributed by atoms with Crippen LogP contribution in [0, 0.1) is 0 Å². The van der Waals surface area contributed by atoms with E-state index in [1.807, 2.05) is 97.3 Å². The Labute approximate surface area is 224 Å². The van der Waals surface area contributed by atoms with Gasteiger partial charge in [-0.15, -0.1) is 23.1 Å². The van der Waals surface area contributed by atoms with Gasteiger partial charge in [0.1, 0.15) is 17.1 Å². The number of fused-ring (bicyclic) bond motifs is 1. The molecule has 1 fully saturated rings. The molecule has 0 spiro atoms. The monoisotopic (exact) mass is 530 g/mol. The van der Waals surface area contributed by atoms with E-state index in [9.17, 15) is 14.4 Å². The Bertz CT molecular complexity index is 1300. The van der Waals surface area contributed by atoms with Crippen LogP contribution < -0.4 is 5.32 Å². The zero-order valence-electron chi connectivity index (χ0n) is 20.2. The first-order valence-electron chi connectivity index (χ1n) is 12.0. The van der Waals surface area contributed by atoms with Gasteiger partial charge < -0.3 is 10.1 Å². The third kappa shape index (κ3) is 5.26. The topological polar surface area (TPSA) is 75.7 Å². The Morgan fingerprint density at radius 1 is 1.05 bits per heavy atom. The van der Waals surface area contributed by atoms with Gasteiger partial charge in [-0.1, -0.05) is 78.9 Å². The van der Waals surface area contributed by atoms with Gasteiger partial charge in [0.15, 0.2) is 6.10 Å². The fourth-order valence-electron chi connectivity index (χ4n) is 4.50. The highest BCUT2D eigenvalue weighted by atomic mass is 32.2. The van der Waals surface area contributed by atoms with E-state index in [1.165, 1.54) is 28.0 Å². The quantitative estimate of drug-likeness (QED) is 0.333. The molecule has 1 saturated heterocycles. The lowest BCUT2D eigenvalue weighted by atomic mass is 10.0. The van der Waals surface area contributed by atoms with E-state index in [-0.39, 0.29) is 29.3 Å². The number of thiophene rings is 1. The number of nitrogens with zero attached hydrogens (tertiary/aromatic N) is 1. The average Bonchev–Trinajstić information content (AvgIpc) is 3.44. The highest BCUT2D eigenvalue weighted by Crippen LogP contribution is 2.42. The predicted molar refractivity (Wildman–Crippen MR) is 146 cm³/mol. The minimum Gasteiger partial charge on any atom is -0.448 e. The second-order valence-corrected chi connectivity index (χ2v) is 10.8. The number of esters is 1. The molecule has 2 aliphatic heterocycles.